The maximum Gasteiger partial charge on any atom is 0.279 e. The van der Waals surface area contributed by atoms with Gasteiger partial charge in [0.2, 0.25) is 0 Å². The molecule has 0 fully saturated rings. The number of aryl methyl sites for hydroxylation is 1. The van der Waals surface area contributed by atoms with E-state index in [9.17, 15) is 4.79 Å². The van der Waals surface area contributed by atoms with E-state index in [4.69, 9.17) is 11.6 Å². The number of amides is 1. The minimum absolute atomic E-state index is 0.0292. The first-order valence-electron chi connectivity index (χ1n) is 7.10. The predicted molar refractivity (Wildman–Crippen MR) is 94.2 cm³/mol. The zero-order valence-electron chi connectivity index (χ0n) is 12.6. The molecule has 0 aliphatic carbocycles. The maximum absolute atomic E-state index is 12.1. The average Bonchev–Trinajstić information content (AvgIpc) is 2.47. The Morgan fingerprint density at radius 3 is 2.77 bits per heavy atom. The first-order chi connectivity index (χ1) is 10.5. The van der Waals surface area contributed by atoms with Crippen molar-refractivity contribution in [2.45, 2.75) is 19.9 Å². The van der Waals surface area contributed by atoms with Gasteiger partial charge in [-0.25, -0.2) is 0 Å². The molecule has 5 heteroatoms. The Labute approximate surface area is 144 Å². The van der Waals surface area contributed by atoms with E-state index in [-0.39, 0.29) is 11.9 Å². The van der Waals surface area contributed by atoms with E-state index in [2.05, 4.69) is 28.2 Å². The first kappa shape index (κ1) is 17.0. The number of nitrogens with two attached hydrogens (primary N) is 1. The van der Waals surface area contributed by atoms with Gasteiger partial charge in [-0.3, -0.25) is 4.79 Å². The number of rotatable bonds is 5. The van der Waals surface area contributed by atoms with Crippen molar-refractivity contribution in [1.29, 1.82) is 0 Å². The lowest BCUT2D eigenvalue weighted by atomic mass is 10.1. The molecule has 3 N–H and O–H groups in total. The van der Waals surface area contributed by atoms with Gasteiger partial charge in [-0.2, -0.15) is 0 Å². The molecule has 0 spiro atoms. The van der Waals surface area contributed by atoms with Crippen molar-refractivity contribution in [1.82, 2.24) is 0 Å². The second kappa shape index (κ2) is 7.77. The summed E-state index contributed by atoms with van der Waals surface area (Å²) in [5.74, 6) is -0.0292. The van der Waals surface area contributed by atoms with Gasteiger partial charge in [-0.05, 0) is 59.6 Å². The highest BCUT2D eigenvalue weighted by Crippen LogP contribution is 2.23. The fraction of sp³-hybridized carbons (Fsp3) is 0.235. The zero-order chi connectivity index (χ0) is 16.1. The van der Waals surface area contributed by atoms with Crippen LogP contribution in [0, 0.1) is 6.92 Å². The van der Waals surface area contributed by atoms with Gasteiger partial charge in [0.1, 0.15) is 6.04 Å². The third kappa shape index (κ3) is 4.83. The Balaban J connectivity index is 1.90. The Kier molecular flexibility index (Phi) is 6.00. The summed E-state index contributed by atoms with van der Waals surface area (Å²) >= 11 is 9.45. The zero-order valence-corrected chi connectivity index (χ0v) is 14.9. The second-order valence-electron chi connectivity index (χ2n) is 5.31. The fourth-order valence-corrected chi connectivity index (χ4v) is 2.92. The van der Waals surface area contributed by atoms with Gasteiger partial charge in [0.15, 0.2) is 6.54 Å². The lowest BCUT2D eigenvalue weighted by Crippen LogP contribution is -2.86. The number of halogens is 2. The number of hydrogen-bond acceptors (Lipinski definition) is 1. The van der Waals surface area contributed by atoms with E-state index in [0.717, 1.165) is 21.3 Å². The monoisotopic (exact) mass is 381 g/mol. The van der Waals surface area contributed by atoms with Gasteiger partial charge in [0.25, 0.3) is 5.91 Å². The van der Waals surface area contributed by atoms with Gasteiger partial charge in [-0.1, -0.05) is 29.8 Å². The van der Waals surface area contributed by atoms with Crippen molar-refractivity contribution < 1.29 is 10.1 Å². The molecule has 3 nitrogen and oxygen atoms in total. The lowest BCUT2D eigenvalue weighted by Gasteiger charge is -2.12. The van der Waals surface area contributed by atoms with Crippen molar-refractivity contribution in [3.8, 4) is 0 Å². The Morgan fingerprint density at radius 2 is 2.09 bits per heavy atom. The van der Waals surface area contributed by atoms with E-state index >= 15 is 0 Å². The summed E-state index contributed by atoms with van der Waals surface area (Å²) in [4.78, 5) is 12.1. The van der Waals surface area contributed by atoms with Crippen LogP contribution in [0.4, 0.5) is 5.69 Å². The molecule has 1 atom stereocenters. The summed E-state index contributed by atoms with van der Waals surface area (Å²) in [7, 11) is 0. The predicted octanol–water partition coefficient (Wildman–Crippen LogP) is 3.67. The molecule has 2 aromatic carbocycles. The van der Waals surface area contributed by atoms with E-state index in [1.807, 2.05) is 54.7 Å². The Morgan fingerprint density at radius 1 is 1.32 bits per heavy atom. The molecular formula is C17H19BrClN2O+. The van der Waals surface area contributed by atoms with Gasteiger partial charge in [0, 0.05) is 15.1 Å². The minimum atomic E-state index is -0.0292. The molecule has 0 saturated carbocycles. The molecular weight excluding hydrogens is 364 g/mol. The summed E-state index contributed by atoms with van der Waals surface area (Å²) in [6.45, 7) is 4.42. The van der Waals surface area contributed by atoms with Crippen LogP contribution in [0.25, 0.3) is 0 Å². The first-order valence-corrected chi connectivity index (χ1v) is 8.27. The SMILES string of the molecule is Cc1ccc(NC(=O)C[NH2+][C@H](C)c2cccc(Cl)c2)c(Br)c1. The van der Waals surface area contributed by atoms with Gasteiger partial charge in [-0.15, -0.1) is 0 Å². The van der Waals surface area contributed by atoms with Crippen LogP contribution < -0.4 is 10.6 Å². The maximum atomic E-state index is 12.1. The summed E-state index contributed by atoms with van der Waals surface area (Å²) in [6.07, 6.45) is 0. The van der Waals surface area contributed by atoms with Crippen molar-refractivity contribution >= 4 is 39.1 Å². The number of benzene rings is 2. The average molecular weight is 383 g/mol. The molecule has 0 radical (unpaired) electrons. The summed E-state index contributed by atoms with van der Waals surface area (Å²) in [6, 6.07) is 13.7. The molecule has 0 aromatic heterocycles. The third-order valence-electron chi connectivity index (χ3n) is 3.43. The number of carbonyl (C=O) groups is 1. The highest BCUT2D eigenvalue weighted by Gasteiger charge is 2.12. The quantitative estimate of drug-likeness (QED) is 0.814. The van der Waals surface area contributed by atoms with Crippen LogP contribution in [0.15, 0.2) is 46.9 Å². The summed E-state index contributed by atoms with van der Waals surface area (Å²) < 4.78 is 0.892. The highest BCUT2D eigenvalue weighted by molar-refractivity contribution is 9.10. The number of hydrogen-bond donors (Lipinski definition) is 2. The number of carbonyl (C=O) groups excluding carboxylic acids is 1. The third-order valence-corrected chi connectivity index (χ3v) is 4.32. The van der Waals surface area contributed by atoms with Crippen molar-refractivity contribution in [2.75, 3.05) is 11.9 Å². The smallest absolute Gasteiger partial charge is 0.279 e. The molecule has 116 valence electrons. The number of anilines is 1. The van der Waals surface area contributed by atoms with Gasteiger partial charge >= 0.3 is 0 Å². The van der Waals surface area contributed by atoms with E-state index in [1.165, 1.54) is 0 Å². The van der Waals surface area contributed by atoms with Crippen LogP contribution in [0.5, 0.6) is 0 Å². The molecule has 0 unspecified atom stereocenters. The normalized spacial score (nSPS) is 12.0. The van der Waals surface area contributed by atoms with Crippen LogP contribution in [0.2, 0.25) is 5.02 Å². The van der Waals surface area contributed by atoms with Gasteiger partial charge < -0.3 is 10.6 Å². The number of nitrogens with one attached hydrogen (secondary N) is 1. The van der Waals surface area contributed by atoms with Crippen molar-refractivity contribution in [3.63, 3.8) is 0 Å². The molecule has 2 rings (SSSR count). The molecule has 1 amide bonds. The number of quaternary nitrogens is 1. The van der Waals surface area contributed by atoms with E-state index in [1.54, 1.807) is 0 Å². The molecule has 0 heterocycles. The Hall–Kier alpha value is -1.36. The van der Waals surface area contributed by atoms with Crippen molar-refractivity contribution in [2.24, 2.45) is 0 Å². The molecule has 0 bridgehead atoms. The lowest BCUT2D eigenvalue weighted by molar-refractivity contribution is -0.682. The molecule has 22 heavy (non-hydrogen) atoms. The molecule has 0 aliphatic heterocycles. The summed E-state index contributed by atoms with van der Waals surface area (Å²) in [5, 5.41) is 5.62. The van der Waals surface area contributed by atoms with Crippen LogP contribution in [0.1, 0.15) is 24.1 Å². The topological polar surface area (TPSA) is 45.7 Å². The van der Waals surface area contributed by atoms with Crippen LogP contribution in [-0.4, -0.2) is 12.5 Å². The van der Waals surface area contributed by atoms with Crippen molar-refractivity contribution in [3.05, 3.63) is 63.1 Å². The van der Waals surface area contributed by atoms with E-state index < -0.39 is 0 Å². The fourth-order valence-electron chi connectivity index (χ4n) is 2.13. The second-order valence-corrected chi connectivity index (χ2v) is 6.61. The highest BCUT2D eigenvalue weighted by atomic mass is 79.9. The molecule has 0 aliphatic rings. The van der Waals surface area contributed by atoms with Crippen LogP contribution in [-0.2, 0) is 4.79 Å². The standard InChI is InChI=1S/C17H18BrClN2O/c1-11-6-7-16(15(18)8-11)21-17(22)10-20-12(2)13-4-3-5-14(19)9-13/h3-9,12,20H,10H2,1-2H3,(H,21,22)/p+1/t12-/m1/s1. The summed E-state index contributed by atoms with van der Waals surface area (Å²) in [5.41, 5.74) is 3.04. The molecule has 2 aromatic rings. The van der Waals surface area contributed by atoms with Gasteiger partial charge in [0.05, 0.1) is 5.69 Å². The van der Waals surface area contributed by atoms with Crippen LogP contribution >= 0.6 is 27.5 Å². The largest absolute Gasteiger partial charge is 0.333 e. The Bertz CT molecular complexity index is 675. The molecule has 0 saturated heterocycles. The minimum Gasteiger partial charge on any atom is -0.333 e. The van der Waals surface area contributed by atoms with E-state index in [0.29, 0.717) is 11.6 Å². The van der Waals surface area contributed by atoms with Crippen LogP contribution in [0.3, 0.4) is 0 Å².